The minimum absolute atomic E-state index is 0.143. The molecule has 3 N–H and O–H groups in total. The summed E-state index contributed by atoms with van der Waals surface area (Å²) in [5, 5.41) is 12.9. The number of amides is 1. The molecule has 1 aromatic carbocycles. The van der Waals surface area contributed by atoms with Gasteiger partial charge in [0.15, 0.2) is 5.66 Å². The first kappa shape index (κ1) is 21.7. The molecule has 0 bridgehead atoms. The zero-order valence-electron chi connectivity index (χ0n) is 18.9. The third-order valence-corrected chi connectivity index (χ3v) is 8.84. The highest BCUT2D eigenvalue weighted by Crippen LogP contribution is 2.51. The number of halogens is 1. The van der Waals surface area contributed by atoms with E-state index in [0.29, 0.717) is 0 Å². The highest BCUT2D eigenvalue weighted by atomic mass is 32.1. The van der Waals surface area contributed by atoms with Crippen LogP contribution in [0.5, 0.6) is 0 Å². The molecule has 3 aliphatic rings. The Balaban J connectivity index is 1.56. The molecular formula is C26H34FN3OS. The number of nitrogens with one attached hydrogen (secondary N) is 3. The monoisotopic (exact) mass is 455 g/mol. The maximum atomic E-state index is 14.1. The molecule has 0 radical (unpaired) electrons. The van der Waals surface area contributed by atoms with Gasteiger partial charge in [0.05, 0.1) is 22.2 Å². The molecule has 2 saturated carbocycles. The first-order valence-electron chi connectivity index (χ1n) is 12.3. The topological polar surface area (TPSA) is 53.2 Å². The standard InChI is InChI=1S/C26H34FN3OS/c1-17-14-15-32-24(17)26(29-21-13-12-19(27)16-22(21)30-26)23(18-8-4-2-5-9-18)25(31)28-20-10-6-3-7-11-20/h12-16,18,20,23,29-30H,2-11H2,1H3,(H,28,31)/t23-,26?/m1/s1. The van der Waals surface area contributed by atoms with Gasteiger partial charge in [0.25, 0.3) is 0 Å². The van der Waals surface area contributed by atoms with Gasteiger partial charge in [-0.15, -0.1) is 11.3 Å². The second kappa shape index (κ2) is 9.05. The van der Waals surface area contributed by atoms with Crippen LogP contribution in [-0.4, -0.2) is 11.9 Å². The lowest BCUT2D eigenvalue weighted by molar-refractivity contribution is -0.130. The molecule has 1 aromatic heterocycles. The lowest BCUT2D eigenvalue weighted by Crippen LogP contribution is -2.56. The summed E-state index contributed by atoms with van der Waals surface area (Å²) in [4.78, 5) is 15.2. The number of carbonyl (C=O) groups excluding carboxylic acids is 1. The van der Waals surface area contributed by atoms with Crippen LogP contribution in [0.2, 0.25) is 0 Å². The van der Waals surface area contributed by atoms with E-state index in [9.17, 15) is 9.18 Å². The summed E-state index contributed by atoms with van der Waals surface area (Å²) >= 11 is 1.68. The van der Waals surface area contributed by atoms with E-state index in [0.717, 1.165) is 47.5 Å². The van der Waals surface area contributed by atoms with Gasteiger partial charge in [-0.05, 0) is 73.7 Å². The second-order valence-electron chi connectivity index (χ2n) is 9.90. The van der Waals surface area contributed by atoms with Gasteiger partial charge in [-0.25, -0.2) is 4.39 Å². The molecule has 0 saturated heterocycles. The Hall–Kier alpha value is -2.08. The Morgan fingerprint density at radius 2 is 1.72 bits per heavy atom. The smallest absolute Gasteiger partial charge is 0.228 e. The van der Waals surface area contributed by atoms with Crippen molar-refractivity contribution in [2.24, 2.45) is 11.8 Å². The van der Waals surface area contributed by atoms with E-state index in [1.807, 2.05) is 0 Å². The number of fused-ring (bicyclic) bond motifs is 1. The average molecular weight is 456 g/mol. The summed E-state index contributed by atoms with van der Waals surface area (Å²) < 4.78 is 14.1. The second-order valence-corrected chi connectivity index (χ2v) is 10.8. The van der Waals surface area contributed by atoms with Gasteiger partial charge in [0.2, 0.25) is 5.91 Å². The van der Waals surface area contributed by atoms with E-state index < -0.39 is 5.66 Å². The van der Waals surface area contributed by atoms with Crippen LogP contribution in [0.3, 0.4) is 0 Å². The van der Waals surface area contributed by atoms with E-state index in [1.54, 1.807) is 23.5 Å². The van der Waals surface area contributed by atoms with Crippen molar-refractivity contribution in [2.75, 3.05) is 10.6 Å². The Morgan fingerprint density at radius 3 is 2.41 bits per heavy atom. The molecule has 32 heavy (non-hydrogen) atoms. The molecule has 4 nitrogen and oxygen atoms in total. The maximum absolute atomic E-state index is 14.1. The van der Waals surface area contributed by atoms with E-state index >= 15 is 0 Å². The van der Waals surface area contributed by atoms with Crippen LogP contribution in [0.25, 0.3) is 0 Å². The van der Waals surface area contributed by atoms with Gasteiger partial charge >= 0.3 is 0 Å². The molecule has 1 amide bonds. The van der Waals surface area contributed by atoms with Crippen molar-refractivity contribution in [2.45, 2.75) is 82.8 Å². The quantitative estimate of drug-likeness (QED) is 0.480. The molecule has 2 heterocycles. The van der Waals surface area contributed by atoms with Crippen LogP contribution < -0.4 is 16.0 Å². The fraction of sp³-hybridized carbons (Fsp3) is 0.577. The molecule has 2 fully saturated rings. The van der Waals surface area contributed by atoms with Gasteiger partial charge in [-0.2, -0.15) is 0 Å². The first-order chi connectivity index (χ1) is 15.6. The SMILES string of the molecule is Cc1ccsc1C1([C@@H](C(=O)NC2CCCCC2)C2CCCCC2)Nc2ccc(F)cc2N1. The van der Waals surface area contributed by atoms with E-state index in [1.165, 1.54) is 44.6 Å². The van der Waals surface area contributed by atoms with Crippen molar-refractivity contribution in [1.82, 2.24) is 5.32 Å². The van der Waals surface area contributed by atoms with Crippen molar-refractivity contribution in [1.29, 1.82) is 0 Å². The van der Waals surface area contributed by atoms with Crippen LogP contribution in [0, 0.1) is 24.6 Å². The number of carbonyl (C=O) groups is 1. The van der Waals surface area contributed by atoms with Crippen LogP contribution in [0.4, 0.5) is 15.8 Å². The molecule has 2 aromatic rings. The predicted octanol–water partition coefficient (Wildman–Crippen LogP) is 6.53. The fourth-order valence-corrected chi connectivity index (χ4v) is 7.22. The van der Waals surface area contributed by atoms with Crippen LogP contribution in [0.15, 0.2) is 29.6 Å². The third kappa shape index (κ3) is 4.02. The Kier molecular flexibility index (Phi) is 6.15. The zero-order chi connectivity index (χ0) is 22.1. The normalized spacial score (nSPS) is 24.9. The highest BCUT2D eigenvalue weighted by Gasteiger charge is 2.53. The molecule has 2 atom stereocenters. The molecule has 6 heteroatoms. The summed E-state index contributed by atoms with van der Waals surface area (Å²) in [5.74, 6) is -0.104. The average Bonchev–Trinajstić information content (AvgIpc) is 3.39. The molecule has 1 unspecified atom stereocenters. The molecule has 5 rings (SSSR count). The molecule has 172 valence electrons. The molecule has 0 spiro atoms. The summed E-state index contributed by atoms with van der Waals surface area (Å²) in [6.07, 6.45) is 11.5. The third-order valence-electron chi connectivity index (χ3n) is 7.69. The lowest BCUT2D eigenvalue weighted by Gasteiger charge is -2.43. The number of benzene rings is 1. The summed E-state index contributed by atoms with van der Waals surface area (Å²) in [7, 11) is 0. The number of rotatable bonds is 5. The van der Waals surface area contributed by atoms with E-state index in [2.05, 4.69) is 34.3 Å². The number of hydrogen-bond donors (Lipinski definition) is 3. The van der Waals surface area contributed by atoms with Crippen molar-refractivity contribution in [3.8, 4) is 0 Å². The minimum atomic E-state index is -0.755. The maximum Gasteiger partial charge on any atom is 0.228 e. The highest BCUT2D eigenvalue weighted by molar-refractivity contribution is 7.10. The van der Waals surface area contributed by atoms with Crippen LogP contribution >= 0.6 is 11.3 Å². The summed E-state index contributed by atoms with van der Waals surface area (Å²) in [5.41, 5.74) is 2.01. The summed E-state index contributed by atoms with van der Waals surface area (Å²) in [6, 6.07) is 7.21. The zero-order valence-corrected chi connectivity index (χ0v) is 19.7. The Labute approximate surface area is 194 Å². The predicted molar refractivity (Wildman–Crippen MR) is 129 cm³/mol. The largest absolute Gasteiger partial charge is 0.356 e. The van der Waals surface area contributed by atoms with Gasteiger partial charge in [0, 0.05) is 6.04 Å². The number of hydrogen-bond acceptors (Lipinski definition) is 4. The Bertz CT molecular complexity index is 964. The van der Waals surface area contributed by atoms with Crippen molar-refractivity contribution < 1.29 is 9.18 Å². The van der Waals surface area contributed by atoms with Crippen molar-refractivity contribution in [3.05, 3.63) is 45.9 Å². The fourth-order valence-electron chi connectivity index (χ4n) is 6.14. The Morgan fingerprint density at radius 1 is 1.03 bits per heavy atom. The first-order valence-corrected chi connectivity index (χ1v) is 13.2. The number of anilines is 2. The van der Waals surface area contributed by atoms with Gasteiger partial charge in [-0.1, -0.05) is 38.5 Å². The molecule has 1 aliphatic heterocycles. The number of aryl methyl sites for hydroxylation is 1. The van der Waals surface area contributed by atoms with Crippen molar-refractivity contribution in [3.63, 3.8) is 0 Å². The minimum Gasteiger partial charge on any atom is -0.356 e. The molecule has 2 aliphatic carbocycles. The van der Waals surface area contributed by atoms with Gasteiger partial charge < -0.3 is 16.0 Å². The van der Waals surface area contributed by atoms with Crippen LogP contribution in [0.1, 0.15) is 74.6 Å². The summed E-state index contributed by atoms with van der Waals surface area (Å²) in [6.45, 7) is 2.11. The molecular weight excluding hydrogens is 421 g/mol. The lowest BCUT2D eigenvalue weighted by atomic mass is 9.72. The van der Waals surface area contributed by atoms with E-state index in [-0.39, 0.29) is 29.6 Å². The van der Waals surface area contributed by atoms with Crippen LogP contribution in [-0.2, 0) is 10.5 Å². The number of thiophene rings is 1. The van der Waals surface area contributed by atoms with Gasteiger partial charge in [0.1, 0.15) is 5.82 Å². The van der Waals surface area contributed by atoms with E-state index in [4.69, 9.17) is 0 Å². The van der Waals surface area contributed by atoms with Gasteiger partial charge in [-0.3, -0.25) is 4.79 Å². The van der Waals surface area contributed by atoms with Crippen molar-refractivity contribution >= 4 is 28.6 Å².